The monoisotopic (exact) mass is 514 g/mol. The summed E-state index contributed by atoms with van der Waals surface area (Å²) in [6, 6.07) is -0.976. The van der Waals surface area contributed by atoms with Crippen LogP contribution in [0, 0.1) is 0 Å². The molecule has 2 aliphatic heterocycles. The third-order valence-electron chi connectivity index (χ3n) is 6.20. The van der Waals surface area contributed by atoms with Crippen LogP contribution in [-0.4, -0.2) is 62.7 Å². The summed E-state index contributed by atoms with van der Waals surface area (Å²) in [5.74, 6) is -0.450. The fourth-order valence-corrected chi connectivity index (χ4v) is 6.05. The van der Waals surface area contributed by atoms with Gasteiger partial charge >= 0.3 is 13.7 Å². The number of carbonyl (C=O) groups is 1. The van der Waals surface area contributed by atoms with Gasteiger partial charge in [0.05, 0.1) is 25.1 Å². The molecule has 1 unspecified atom stereocenters. The first-order valence-electron chi connectivity index (χ1n) is 11.8. The van der Waals surface area contributed by atoms with Crippen LogP contribution in [0.2, 0.25) is 0 Å². The van der Waals surface area contributed by atoms with Gasteiger partial charge in [0.1, 0.15) is 30.7 Å². The molecule has 14 heteroatoms. The number of nitrogens with one attached hydrogen (secondary N) is 1. The number of hydrogen-bond donors (Lipinski definition) is 2. The van der Waals surface area contributed by atoms with E-state index in [-0.39, 0.29) is 24.7 Å². The molecule has 194 valence electrons. The van der Waals surface area contributed by atoms with Crippen molar-refractivity contribution in [3.05, 3.63) is 18.2 Å². The van der Waals surface area contributed by atoms with E-state index in [9.17, 15) is 9.36 Å². The molecule has 0 aromatic carbocycles. The standard InChI is InChI=1S/C21H32FN6O6P/c1-4-5-6-7-8-9-31-20(29)13(2)27-35(30)32-11-15-17(34-35)21(3,22)16(33-15)14-10-24-19-18(23)25-12-26-28(14)19/h10,12-13,15-17H,4-9,11H2,1-3H3,(H,27,30)(H2,23,25,26)/t13-,15+,16-,17+,21-,35?/m0/s1. The van der Waals surface area contributed by atoms with Crippen molar-refractivity contribution < 1.29 is 32.3 Å². The first-order valence-corrected chi connectivity index (χ1v) is 13.4. The van der Waals surface area contributed by atoms with Crippen LogP contribution in [0.3, 0.4) is 0 Å². The number of hydrogen-bond acceptors (Lipinski definition) is 10. The first kappa shape index (κ1) is 25.9. The molecule has 3 N–H and O–H groups in total. The van der Waals surface area contributed by atoms with Crippen LogP contribution in [0.1, 0.15) is 64.7 Å². The Balaban J connectivity index is 1.39. The van der Waals surface area contributed by atoms with E-state index in [0.29, 0.717) is 5.69 Å². The molecule has 0 bridgehead atoms. The number of ether oxygens (including phenoxy) is 2. The predicted molar refractivity (Wildman–Crippen MR) is 123 cm³/mol. The Morgan fingerprint density at radius 3 is 2.94 bits per heavy atom. The highest BCUT2D eigenvalue weighted by molar-refractivity contribution is 7.51. The number of anilines is 1. The number of fused-ring (bicyclic) bond motifs is 2. The maximum absolute atomic E-state index is 16.1. The van der Waals surface area contributed by atoms with Crippen molar-refractivity contribution in [3.8, 4) is 0 Å². The molecule has 0 radical (unpaired) electrons. The molecule has 2 aromatic rings. The maximum Gasteiger partial charge on any atom is 0.406 e. The number of nitrogens with zero attached hydrogens (tertiary/aromatic N) is 4. The fourth-order valence-electron chi connectivity index (χ4n) is 4.29. The van der Waals surface area contributed by atoms with Gasteiger partial charge < -0.3 is 15.2 Å². The van der Waals surface area contributed by atoms with Crippen molar-refractivity contribution in [1.29, 1.82) is 0 Å². The van der Waals surface area contributed by atoms with Gasteiger partial charge in [-0.3, -0.25) is 13.8 Å². The Kier molecular flexibility index (Phi) is 7.72. The molecule has 0 aliphatic carbocycles. The summed E-state index contributed by atoms with van der Waals surface area (Å²) in [5, 5.41) is 6.64. The third kappa shape index (κ3) is 5.34. The van der Waals surface area contributed by atoms with Crippen LogP contribution < -0.4 is 10.8 Å². The molecule has 12 nitrogen and oxygen atoms in total. The Morgan fingerprint density at radius 1 is 1.40 bits per heavy atom. The molecule has 2 fully saturated rings. The number of rotatable bonds is 10. The first-order chi connectivity index (χ1) is 16.7. The highest BCUT2D eigenvalue weighted by Gasteiger charge is 2.61. The second-order valence-corrected chi connectivity index (χ2v) is 10.7. The zero-order chi connectivity index (χ0) is 25.2. The maximum atomic E-state index is 16.1. The zero-order valence-corrected chi connectivity index (χ0v) is 20.9. The quantitative estimate of drug-likeness (QED) is 0.273. The Bertz CT molecular complexity index is 1100. The van der Waals surface area contributed by atoms with E-state index in [0.717, 1.165) is 32.1 Å². The molecule has 2 aromatic heterocycles. The molecular weight excluding hydrogens is 482 g/mol. The summed E-state index contributed by atoms with van der Waals surface area (Å²) in [6.07, 6.45) is 4.50. The van der Waals surface area contributed by atoms with Gasteiger partial charge in [-0.25, -0.2) is 28.5 Å². The van der Waals surface area contributed by atoms with E-state index >= 15 is 4.39 Å². The highest BCUT2D eigenvalue weighted by Crippen LogP contribution is 2.57. The van der Waals surface area contributed by atoms with Gasteiger partial charge in [-0.1, -0.05) is 32.6 Å². The lowest BCUT2D eigenvalue weighted by molar-refractivity contribution is -0.145. The van der Waals surface area contributed by atoms with E-state index < -0.39 is 43.7 Å². The van der Waals surface area contributed by atoms with Gasteiger partial charge in [0.2, 0.25) is 0 Å². The number of unbranched alkanes of at least 4 members (excludes halogenated alkanes) is 4. The number of nitrogens with two attached hydrogens (primary N) is 1. The summed E-state index contributed by atoms with van der Waals surface area (Å²) in [4.78, 5) is 20.3. The number of aromatic nitrogens is 4. The lowest BCUT2D eigenvalue weighted by Crippen LogP contribution is -2.47. The van der Waals surface area contributed by atoms with E-state index in [1.54, 1.807) is 0 Å². The third-order valence-corrected chi connectivity index (χ3v) is 7.90. The van der Waals surface area contributed by atoms with E-state index in [4.69, 9.17) is 24.3 Å². The average Bonchev–Trinajstić information content (AvgIpc) is 3.35. The van der Waals surface area contributed by atoms with Crippen LogP contribution in [0.5, 0.6) is 0 Å². The summed E-state index contributed by atoms with van der Waals surface area (Å²) in [6.45, 7) is 4.98. The van der Waals surface area contributed by atoms with Gasteiger partial charge in [-0.05, 0) is 20.3 Å². The number of nitrogen functional groups attached to an aromatic ring is 1. The molecule has 0 spiro atoms. The van der Waals surface area contributed by atoms with Crippen molar-refractivity contribution in [2.45, 2.75) is 82.9 Å². The van der Waals surface area contributed by atoms with Crippen LogP contribution in [0.25, 0.3) is 5.65 Å². The average molecular weight is 514 g/mol. The van der Waals surface area contributed by atoms with Gasteiger partial charge in [0, 0.05) is 0 Å². The minimum atomic E-state index is -4.03. The van der Waals surface area contributed by atoms with E-state index in [1.165, 1.54) is 30.9 Å². The second kappa shape index (κ2) is 10.4. The molecule has 4 rings (SSSR count). The molecule has 2 aliphatic rings. The molecule has 35 heavy (non-hydrogen) atoms. The molecular formula is C21H32FN6O6P. The SMILES string of the molecule is CCCCCCCOC(=O)[C@H](C)NP1(=O)OC[C@H]2O[C@@H](c3cnc4c(N)ncnn34)[C@](C)(F)[C@@H]2O1. The van der Waals surface area contributed by atoms with E-state index in [1.807, 2.05) is 0 Å². The summed E-state index contributed by atoms with van der Waals surface area (Å²) in [7, 11) is -4.03. The number of esters is 1. The van der Waals surface area contributed by atoms with Crippen molar-refractivity contribution in [2.75, 3.05) is 18.9 Å². The lowest BCUT2D eigenvalue weighted by Gasteiger charge is -2.35. The van der Waals surface area contributed by atoms with Crippen LogP contribution in [-0.2, 0) is 27.9 Å². The summed E-state index contributed by atoms with van der Waals surface area (Å²) < 4.78 is 52.8. The predicted octanol–water partition coefficient (Wildman–Crippen LogP) is 2.89. The van der Waals surface area contributed by atoms with Crippen LogP contribution in [0.4, 0.5) is 10.2 Å². The lowest BCUT2D eigenvalue weighted by atomic mass is 9.93. The van der Waals surface area contributed by atoms with Crippen LogP contribution in [0.15, 0.2) is 12.5 Å². The topological polar surface area (TPSA) is 152 Å². The van der Waals surface area contributed by atoms with Crippen molar-refractivity contribution in [2.24, 2.45) is 0 Å². The molecule has 0 saturated carbocycles. The highest BCUT2D eigenvalue weighted by atomic mass is 31.2. The van der Waals surface area contributed by atoms with Gasteiger partial charge in [0.25, 0.3) is 0 Å². The van der Waals surface area contributed by atoms with Gasteiger partial charge in [-0.2, -0.15) is 5.10 Å². The van der Waals surface area contributed by atoms with Crippen molar-refractivity contribution in [3.63, 3.8) is 0 Å². The minimum Gasteiger partial charge on any atom is -0.465 e. The van der Waals surface area contributed by atoms with Gasteiger partial charge in [-0.15, -0.1) is 0 Å². The molecule has 4 heterocycles. The minimum absolute atomic E-state index is 0.136. The number of imidazole rings is 1. The van der Waals surface area contributed by atoms with Crippen molar-refractivity contribution >= 4 is 25.2 Å². The second-order valence-electron chi connectivity index (χ2n) is 9.02. The summed E-state index contributed by atoms with van der Waals surface area (Å²) in [5.41, 5.74) is 4.26. The molecule has 6 atom stereocenters. The fraction of sp³-hybridized carbons (Fsp3) is 0.714. The number of halogens is 1. The Morgan fingerprint density at radius 2 is 2.17 bits per heavy atom. The zero-order valence-electron chi connectivity index (χ0n) is 20.1. The Hall–Kier alpha value is -2.18. The smallest absolute Gasteiger partial charge is 0.406 e. The molecule has 0 amide bonds. The van der Waals surface area contributed by atoms with E-state index in [2.05, 4.69) is 27.1 Å². The van der Waals surface area contributed by atoms with Crippen LogP contribution >= 0.6 is 7.75 Å². The number of carbonyl (C=O) groups excluding carboxylic acids is 1. The van der Waals surface area contributed by atoms with Crippen molar-refractivity contribution in [1.82, 2.24) is 24.7 Å². The summed E-state index contributed by atoms with van der Waals surface area (Å²) >= 11 is 0. The van der Waals surface area contributed by atoms with Gasteiger partial charge in [0.15, 0.2) is 17.1 Å². The largest absolute Gasteiger partial charge is 0.465 e. The Labute approximate surface area is 202 Å². The normalized spacial score (nSPS) is 31.4. The molecule has 2 saturated heterocycles. The number of alkyl halides is 1.